The number of rotatable bonds is 4. The van der Waals surface area contributed by atoms with Crippen LogP contribution in [-0.2, 0) is 10.9 Å². The van der Waals surface area contributed by atoms with Gasteiger partial charge in [0.25, 0.3) is 0 Å². The van der Waals surface area contributed by atoms with Crippen molar-refractivity contribution < 1.29 is 19.3 Å². The molecule has 2 fully saturated rings. The second-order valence-corrected chi connectivity index (χ2v) is 8.38. The highest BCUT2D eigenvalue weighted by atomic mass is 19.4. The van der Waals surface area contributed by atoms with Gasteiger partial charge in [-0.1, -0.05) is 6.07 Å². The number of anilines is 1. The molecule has 0 aliphatic carbocycles. The van der Waals surface area contributed by atoms with Crippen molar-refractivity contribution >= 4 is 11.4 Å². The number of aryl methyl sites for hydroxylation is 1. The van der Waals surface area contributed by atoms with E-state index in [1.807, 2.05) is 19.1 Å². The fourth-order valence-electron chi connectivity index (χ4n) is 4.13. The Morgan fingerprint density at radius 3 is 2.58 bits per heavy atom. The molecule has 1 N–H and O–H groups in total. The number of hydrogen-bond acceptors (Lipinski definition) is 5. The number of nitrogens with one attached hydrogen (secondary N) is 1. The summed E-state index contributed by atoms with van der Waals surface area (Å²) in [4.78, 5) is 13.4. The quantitative estimate of drug-likeness (QED) is 0.651. The number of aromatic nitrogens is 3. The van der Waals surface area contributed by atoms with Crippen LogP contribution in [0.15, 0.2) is 53.8 Å². The van der Waals surface area contributed by atoms with Crippen LogP contribution in [0.3, 0.4) is 0 Å². The molecule has 2 saturated heterocycles. The summed E-state index contributed by atoms with van der Waals surface area (Å²) < 4.78 is 53.8. The largest absolute Gasteiger partial charge is 0.416 e. The Hall–Kier alpha value is -3.11. The first-order chi connectivity index (χ1) is 16.3. The lowest BCUT2D eigenvalue weighted by molar-refractivity contribution is -0.137. The number of alkyl halides is 3. The Balaban J connectivity index is 1.39. The Kier molecular flexibility index (Phi) is 5.39. The topological polar surface area (TPSA) is 61.7 Å². The minimum atomic E-state index is -4.47. The average molecular weight is 459 g/mol. The Labute approximate surface area is 190 Å². The second-order valence-electron chi connectivity index (χ2n) is 8.38. The third-order valence-corrected chi connectivity index (χ3v) is 6.00. The molecule has 5 rings (SSSR count). The zero-order valence-electron chi connectivity index (χ0n) is 19.1. The molecule has 0 spiro atoms. The zero-order chi connectivity index (χ0) is 23.9. The number of halogens is 3. The van der Waals surface area contributed by atoms with Gasteiger partial charge in [-0.05, 0) is 48.9 Å². The molecule has 2 aliphatic rings. The fraction of sp³-hybridized carbons (Fsp3) is 0.391. The summed E-state index contributed by atoms with van der Waals surface area (Å²) in [5.74, 6) is 0. The van der Waals surface area contributed by atoms with Crippen molar-refractivity contribution in [3.8, 4) is 5.69 Å². The first-order valence-electron chi connectivity index (χ1n) is 11.3. The van der Waals surface area contributed by atoms with Crippen LogP contribution in [0.4, 0.5) is 24.5 Å². The van der Waals surface area contributed by atoms with Crippen molar-refractivity contribution in [2.75, 3.05) is 44.3 Å². The number of piperazine rings is 1. The van der Waals surface area contributed by atoms with Crippen LogP contribution in [0.2, 0.25) is 0 Å². The summed E-state index contributed by atoms with van der Waals surface area (Å²) in [5, 5.41) is 2.83. The van der Waals surface area contributed by atoms with Crippen LogP contribution in [0.25, 0.3) is 5.69 Å². The van der Waals surface area contributed by atoms with E-state index in [-0.39, 0.29) is 17.6 Å². The van der Waals surface area contributed by atoms with E-state index < -0.39 is 11.7 Å². The van der Waals surface area contributed by atoms with Crippen molar-refractivity contribution in [3.05, 3.63) is 65.5 Å². The number of nitrogens with zero attached hydrogens (tertiary/aromatic N) is 5. The van der Waals surface area contributed by atoms with Gasteiger partial charge in [0.15, 0.2) is 0 Å². The summed E-state index contributed by atoms with van der Waals surface area (Å²) >= 11 is 0. The van der Waals surface area contributed by atoms with Crippen molar-refractivity contribution in [1.29, 1.82) is 0 Å². The summed E-state index contributed by atoms with van der Waals surface area (Å²) in [7, 11) is 0. The molecule has 0 amide bonds. The maximum Gasteiger partial charge on any atom is 0.416 e. The summed E-state index contributed by atoms with van der Waals surface area (Å²) in [6, 6.07) is 11.3. The molecule has 7 nitrogen and oxygen atoms in total. The average Bonchev–Trinajstić information content (AvgIpc) is 3.12. The first kappa shape index (κ1) is 20.5. The number of ether oxygens (including phenoxy) is 1. The van der Waals surface area contributed by atoms with Gasteiger partial charge in [0.2, 0.25) is 5.62 Å². The molecule has 174 valence electrons. The van der Waals surface area contributed by atoms with Crippen LogP contribution in [0.5, 0.6) is 0 Å². The molecule has 2 aromatic carbocycles. The molecule has 0 atom stereocenters. The highest BCUT2D eigenvalue weighted by Crippen LogP contribution is 2.30. The molecule has 3 heterocycles. The smallest absolute Gasteiger partial charge is 0.378 e. The van der Waals surface area contributed by atoms with Crippen molar-refractivity contribution in [2.45, 2.75) is 19.1 Å². The van der Waals surface area contributed by atoms with Gasteiger partial charge in [-0.2, -0.15) is 13.2 Å². The molecule has 2 aliphatic heterocycles. The van der Waals surface area contributed by atoms with Gasteiger partial charge >= 0.3 is 6.18 Å². The molecular weight excluding hydrogens is 433 g/mol. The van der Waals surface area contributed by atoms with Crippen LogP contribution in [-0.4, -0.2) is 65.1 Å². The molecule has 0 radical (unpaired) electrons. The van der Waals surface area contributed by atoms with Gasteiger partial charge in [-0.25, -0.2) is 14.7 Å². The monoisotopic (exact) mass is 459 g/mol. The predicted octanol–water partition coefficient (Wildman–Crippen LogP) is 3.28. The number of H-pyrrole nitrogens is 1. The molecule has 0 bridgehead atoms. The Morgan fingerprint density at radius 1 is 1.09 bits per heavy atom. The van der Waals surface area contributed by atoms with Gasteiger partial charge in [0, 0.05) is 31.9 Å². The van der Waals surface area contributed by atoms with E-state index in [4.69, 9.17) is 6.11 Å². The number of hydrogen-bond donors (Lipinski definition) is 1. The van der Waals surface area contributed by atoms with Gasteiger partial charge in [0.1, 0.15) is 7.67 Å². The maximum absolute atomic E-state index is 13.1. The predicted molar refractivity (Wildman–Crippen MR) is 118 cm³/mol. The lowest BCUT2D eigenvalue weighted by Gasteiger charge is -2.43. The highest BCUT2D eigenvalue weighted by Gasteiger charge is 2.31. The minimum absolute atomic E-state index is 0.147. The summed E-state index contributed by atoms with van der Waals surface area (Å²) in [6.07, 6.45) is -4.71. The molecule has 3 aromatic rings. The maximum atomic E-state index is 13.1. The lowest BCUT2D eigenvalue weighted by Crippen LogP contribution is -2.56. The van der Waals surface area contributed by atoms with Gasteiger partial charge in [-0.15, -0.1) is 0 Å². The van der Waals surface area contributed by atoms with Crippen molar-refractivity contribution in [1.82, 2.24) is 19.7 Å². The van der Waals surface area contributed by atoms with Gasteiger partial charge in [-0.3, -0.25) is 10.00 Å². The fourth-order valence-corrected chi connectivity index (χ4v) is 4.13. The second kappa shape index (κ2) is 8.68. The van der Waals surface area contributed by atoms with E-state index in [1.54, 1.807) is 0 Å². The summed E-state index contributed by atoms with van der Waals surface area (Å²) in [6.45, 7) is 7.40. The zero-order valence-corrected chi connectivity index (χ0v) is 18.1. The van der Waals surface area contributed by atoms with E-state index in [1.165, 1.54) is 16.8 Å². The lowest BCUT2D eigenvalue weighted by atomic mass is 10.1. The molecule has 10 heteroatoms. The SMILES string of the molecule is [2H]c1nc(=Nc2cc(C)cc(N3CCN(C4COC4)CC3)c2)[nH]n1-c1cccc(C(F)(F)F)c1. The number of benzene rings is 2. The van der Waals surface area contributed by atoms with E-state index in [9.17, 15) is 13.2 Å². The first-order valence-corrected chi connectivity index (χ1v) is 10.8. The van der Waals surface area contributed by atoms with Crippen LogP contribution < -0.4 is 10.5 Å². The molecule has 33 heavy (non-hydrogen) atoms. The minimum Gasteiger partial charge on any atom is -0.378 e. The van der Waals surface area contributed by atoms with Gasteiger partial charge < -0.3 is 9.64 Å². The standard InChI is InChI=1S/C23H25F3N6O/c1-16-9-18(12-20(10-16)30-5-7-31(8-6-30)21-13-33-14-21)28-22-27-15-32(29-22)19-4-2-3-17(11-19)23(24,25)26/h2-4,9-12,15,21H,5-8,13-14H2,1H3,(H,28,29)/i15D. The van der Waals surface area contributed by atoms with E-state index in [0.29, 0.717) is 11.7 Å². The third-order valence-electron chi connectivity index (χ3n) is 6.00. The highest BCUT2D eigenvalue weighted by molar-refractivity contribution is 5.58. The normalized spacial score (nSPS) is 19.0. The van der Waals surface area contributed by atoms with Crippen LogP contribution >= 0.6 is 0 Å². The Bertz CT molecular complexity index is 1240. The van der Waals surface area contributed by atoms with Crippen LogP contribution in [0, 0.1) is 6.92 Å². The third kappa shape index (κ3) is 4.81. The summed E-state index contributed by atoms with van der Waals surface area (Å²) in [5.41, 5.74) is 2.27. The van der Waals surface area contributed by atoms with E-state index in [0.717, 1.165) is 62.8 Å². The molecular formula is C23H25F3N6O. The molecule has 0 unspecified atom stereocenters. The van der Waals surface area contributed by atoms with Crippen LogP contribution in [0.1, 0.15) is 12.5 Å². The molecule has 0 saturated carbocycles. The van der Waals surface area contributed by atoms with E-state index in [2.05, 4.69) is 30.9 Å². The van der Waals surface area contributed by atoms with Crippen molar-refractivity contribution in [3.63, 3.8) is 0 Å². The van der Waals surface area contributed by atoms with Crippen molar-refractivity contribution in [2.24, 2.45) is 4.99 Å². The van der Waals surface area contributed by atoms with Gasteiger partial charge in [0.05, 0.1) is 36.2 Å². The van der Waals surface area contributed by atoms with E-state index >= 15 is 0 Å². The molecule has 1 aromatic heterocycles. The number of aromatic amines is 1. The Morgan fingerprint density at radius 2 is 1.88 bits per heavy atom.